The van der Waals surface area contributed by atoms with Gasteiger partial charge in [-0.3, -0.25) is 14.7 Å². The predicted octanol–water partition coefficient (Wildman–Crippen LogP) is 1.68. The number of rotatable bonds is 1. The zero-order chi connectivity index (χ0) is 11.2. The normalized spacial score (nSPS) is 10.8. The highest BCUT2D eigenvalue weighted by molar-refractivity contribution is 6.41. The van der Waals surface area contributed by atoms with E-state index in [-0.39, 0.29) is 26.0 Å². The minimum absolute atomic E-state index is 0.0596. The smallest absolute Gasteiger partial charge is 0.311 e. The minimum Gasteiger partial charge on any atom is -0.359 e. The Hall–Kier alpha value is -1.60. The maximum atomic E-state index is 11.0. The van der Waals surface area contributed by atoms with Crippen molar-refractivity contribution in [2.75, 3.05) is 0 Å². The molecule has 0 spiro atoms. The third kappa shape index (κ3) is 1.36. The number of hydrogen-bond donors (Lipinski definition) is 0. The lowest BCUT2D eigenvalue weighted by atomic mass is 10.3. The lowest BCUT2D eigenvalue weighted by Gasteiger charge is -1.95. The number of hydrogen-bond acceptors (Lipinski definition) is 5. The first-order valence-corrected chi connectivity index (χ1v) is 4.29. The van der Waals surface area contributed by atoms with Crippen LogP contribution in [-0.4, -0.2) is 10.1 Å². The largest absolute Gasteiger partial charge is 0.359 e. The van der Waals surface area contributed by atoms with Gasteiger partial charge in [-0.2, -0.15) is 0 Å². The molecule has 15 heavy (non-hydrogen) atoms. The summed E-state index contributed by atoms with van der Waals surface area (Å²) in [6.07, 6.45) is 0. The summed E-state index contributed by atoms with van der Waals surface area (Å²) in [5.41, 5.74) is -0.655. The first kappa shape index (κ1) is 9.94. The Labute approximate surface area is 91.5 Å². The van der Waals surface area contributed by atoms with Crippen molar-refractivity contribution < 1.29 is 14.5 Å². The molecule has 2 aromatic rings. The summed E-state index contributed by atoms with van der Waals surface area (Å²) in [6.45, 7) is 0. The van der Waals surface area contributed by atoms with Crippen molar-refractivity contribution in [3.63, 3.8) is 0 Å². The molecule has 0 aliphatic heterocycles. The van der Waals surface area contributed by atoms with Gasteiger partial charge in [-0.1, -0.05) is 23.2 Å². The maximum Gasteiger partial charge on any atom is 0.311 e. The molecule has 1 aromatic heterocycles. The first-order valence-electron chi connectivity index (χ1n) is 3.54. The zero-order valence-electron chi connectivity index (χ0n) is 6.81. The van der Waals surface area contributed by atoms with E-state index in [1.54, 1.807) is 0 Å². The van der Waals surface area contributed by atoms with Gasteiger partial charge in [0, 0.05) is 11.2 Å². The molecular formula is C6HCl2N3O4. The van der Waals surface area contributed by atoms with Crippen LogP contribution in [0.5, 0.6) is 0 Å². The van der Waals surface area contributed by atoms with Gasteiger partial charge in [-0.15, -0.1) is 0 Å². The number of fused-ring (bicyclic) bond motifs is 1. The molecule has 0 radical (unpaired) electrons. The van der Waals surface area contributed by atoms with Crippen molar-refractivity contribution in [1.29, 1.82) is 0 Å². The fourth-order valence-electron chi connectivity index (χ4n) is 1.10. The quantitative estimate of drug-likeness (QED) is 0.435. The highest BCUT2D eigenvalue weighted by atomic mass is 35.5. The molecule has 0 saturated heterocycles. The highest BCUT2D eigenvalue weighted by Gasteiger charge is 2.27. The second-order valence-corrected chi connectivity index (χ2v) is 3.36. The van der Waals surface area contributed by atoms with Crippen LogP contribution >= 0.6 is 23.2 Å². The van der Waals surface area contributed by atoms with E-state index in [0.717, 1.165) is 6.07 Å². The van der Waals surface area contributed by atoms with Gasteiger partial charge in [0.2, 0.25) is 5.52 Å². The molecule has 0 N–H and O–H groups in total. The standard InChI is InChI=1S/C6HCl2N3O4/c7-2-1-3-5(9-15-11(3)14)4(8)6(2)10(12)13/h1H. The van der Waals surface area contributed by atoms with Crippen molar-refractivity contribution in [3.8, 4) is 0 Å². The van der Waals surface area contributed by atoms with E-state index in [9.17, 15) is 15.3 Å². The first-order chi connectivity index (χ1) is 7.02. The van der Waals surface area contributed by atoms with Gasteiger partial charge in [-0.05, 0) is 4.90 Å². The maximum absolute atomic E-state index is 11.0. The summed E-state index contributed by atoms with van der Waals surface area (Å²) in [7, 11) is 0. The van der Waals surface area contributed by atoms with Gasteiger partial charge in [0.05, 0.1) is 4.92 Å². The molecule has 1 aromatic carbocycles. The SMILES string of the molecule is O=[N+]([O-])c1c(Cl)cc2c(no[n+]2[O-])c1Cl. The van der Waals surface area contributed by atoms with E-state index in [2.05, 4.69) is 9.79 Å². The fraction of sp³-hybridized carbons (Fsp3) is 0. The highest BCUT2D eigenvalue weighted by Crippen LogP contribution is 2.36. The number of nitro benzene ring substituents is 1. The molecule has 0 atom stereocenters. The van der Waals surface area contributed by atoms with Crippen molar-refractivity contribution >= 4 is 39.9 Å². The Morgan fingerprint density at radius 2 is 2.20 bits per heavy atom. The number of nitrogens with zero attached hydrogens (tertiary/aromatic N) is 3. The molecule has 0 amide bonds. The summed E-state index contributed by atoms with van der Waals surface area (Å²) < 4.78 is 4.23. The van der Waals surface area contributed by atoms with Crippen LogP contribution in [0.25, 0.3) is 11.0 Å². The summed E-state index contributed by atoms with van der Waals surface area (Å²) in [4.78, 5) is 9.90. The summed E-state index contributed by atoms with van der Waals surface area (Å²) in [5, 5.41) is 24.3. The molecule has 1 heterocycles. The van der Waals surface area contributed by atoms with E-state index in [1.165, 1.54) is 0 Å². The van der Waals surface area contributed by atoms with E-state index >= 15 is 0 Å². The van der Waals surface area contributed by atoms with Crippen LogP contribution in [0.3, 0.4) is 0 Å². The second-order valence-electron chi connectivity index (χ2n) is 2.58. The zero-order valence-corrected chi connectivity index (χ0v) is 8.32. The van der Waals surface area contributed by atoms with Crippen LogP contribution in [0, 0.1) is 15.3 Å². The van der Waals surface area contributed by atoms with Crippen LogP contribution < -0.4 is 4.90 Å². The minimum atomic E-state index is -0.756. The Kier molecular flexibility index (Phi) is 2.13. The van der Waals surface area contributed by atoms with Crippen LogP contribution in [0.1, 0.15) is 0 Å². The van der Waals surface area contributed by atoms with E-state index in [4.69, 9.17) is 23.2 Å². The van der Waals surface area contributed by atoms with Gasteiger partial charge in [0.1, 0.15) is 5.02 Å². The Morgan fingerprint density at radius 1 is 1.53 bits per heavy atom. The molecule has 78 valence electrons. The molecule has 0 bridgehead atoms. The molecule has 7 nitrogen and oxygen atoms in total. The summed E-state index contributed by atoms with van der Waals surface area (Å²) in [6, 6.07) is 1.07. The van der Waals surface area contributed by atoms with Crippen LogP contribution in [-0.2, 0) is 0 Å². The molecular weight excluding hydrogens is 249 g/mol. The number of aromatic nitrogens is 2. The topological polar surface area (TPSA) is 96.1 Å². The third-order valence-corrected chi connectivity index (χ3v) is 2.38. The Balaban J connectivity index is 2.91. The van der Waals surface area contributed by atoms with Crippen LogP contribution in [0.2, 0.25) is 10.0 Å². The van der Waals surface area contributed by atoms with Gasteiger partial charge < -0.3 is 5.21 Å². The van der Waals surface area contributed by atoms with Gasteiger partial charge in [0.15, 0.2) is 5.02 Å². The average Bonchev–Trinajstić information content (AvgIpc) is 2.47. The van der Waals surface area contributed by atoms with Crippen molar-refractivity contribution in [2.24, 2.45) is 0 Å². The molecule has 9 heteroatoms. The Morgan fingerprint density at radius 3 is 2.80 bits per heavy atom. The van der Waals surface area contributed by atoms with Crippen molar-refractivity contribution in [2.45, 2.75) is 0 Å². The van der Waals surface area contributed by atoms with E-state index in [1.807, 2.05) is 0 Å². The number of benzene rings is 1. The number of nitro groups is 1. The molecule has 0 fully saturated rings. The average molecular weight is 250 g/mol. The third-order valence-electron chi connectivity index (χ3n) is 1.73. The Bertz CT molecular complexity index is 567. The lowest BCUT2D eigenvalue weighted by molar-refractivity contribution is -0.782. The molecule has 0 aliphatic carbocycles. The van der Waals surface area contributed by atoms with Crippen molar-refractivity contribution in [3.05, 3.63) is 31.4 Å². The van der Waals surface area contributed by atoms with Crippen molar-refractivity contribution in [1.82, 2.24) is 5.16 Å². The number of halogens is 2. The van der Waals surface area contributed by atoms with Gasteiger partial charge >= 0.3 is 5.69 Å². The van der Waals surface area contributed by atoms with E-state index < -0.39 is 10.6 Å². The van der Waals surface area contributed by atoms with Crippen LogP contribution in [0.4, 0.5) is 5.69 Å². The summed E-state index contributed by atoms with van der Waals surface area (Å²) in [5.74, 6) is 0. The molecule has 0 unspecified atom stereocenters. The molecule has 0 aliphatic rings. The second kappa shape index (κ2) is 3.21. The summed E-state index contributed by atoms with van der Waals surface area (Å²) >= 11 is 11.2. The van der Waals surface area contributed by atoms with Gasteiger partial charge in [-0.25, -0.2) is 0 Å². The van der Waals surface area contributed by atoms with Crippen LogP contribution in [0.15, 0.2) is 10.7 Å². The van der Waals surface area contributed by atoms with Gasteiger partial charge in [0.25, 0.3) is 5.52 Å². The lowest BCUT2D eigenvalue weighted by Crippen LogP contribution is -2.22. The molecule has 2 rings (SSSR count). The van der Waals surface area contributed by atoms with E-state index in [0.29, 0.717) is 0 Å². The monoisotopic (exact) mass is 249 g/mol. The molecule has 0 saturated carbocycles. The fourth-order valence-corrected chi connectivity index (χ4v) is 1.72. The predicted molar refractivity (Wildman–Crippen MR) is 49.6 cm³/mol.